The SMILES string of the molecule is CC(C)(CN1CCCC1=O)[C@H](O)C(=O)NCC(N)=O. The van der Waals surface area contributed by atoms with Crippen molar-refractivity contribution in [3.8, 4) is 0 Å². The highest BCUT2D eigenvalue weighted by molar-refractivity contribution is 5.86. The van der Waals surface area contributed by atoms with Crippen LogP contribution in [-0.4, -0.2) is 53.5 Å². The van der Waals surface area contributed by atoms with Crippen molar-refractivity contribution in [2.75, 3.05) is 19.6 Å². The van der Waals surface area contributed by atoms with Crippen molar-refractivity contribution in [2.45, 2.75) is 32.8 Å². The Kier molecular flexibility index (Phi) is 4.88. The summed E-state index contributed by atoms with van der Waals surface area (Å²) in [4.78, 5) is 35.4. The van der Waals surface area contributed by atoms with Gasteiger partial charge >= 0.3 is 0 Å². The summed E-state index contributed by atoms with van der Waals surface area (Å²) in [5.74, 6) is -1.29. The number of rotatable bonds is 6. The second-order valence-electron chi connectivity index (χ2n) is 5.49. The van der Waals surface area contributed by atoms with Crippen molar-refractivity contribution in [1.82, 2.24) is 10.2 Å². The van der Waals surface area contributed by atoms with Crippen LogP contribution in [0.4, 0.5) is 0 Å². The predicted octanol–water partition coefficient (Wildman–Crippen LogP) is -1.40. The second-order valence-corrected chi connectivity index (χ2v) is 5.49. The van der Waals surface area contributed by atoms with Crippen molar-refractivity contribution >= 4 is 17.7 Å². The molecule has 7 heteroatoms. The van der Waals surface area contributed by atoms with E-state index in [1.807, 2.05) is 0 Å². The topological polar surface area (TPSA) is 113 Å². The molecule has 1 rings (SSSR count). The molecule has 0 aliphatic carbocycles. The molecule has 3 amide bonds. The maximum atomic E-state index is 11.7. The molecule has 0 aromatic carbocycles. The molecule has 7 nitrogen and oxygen atoms in total. The number of carbonyl (C=O) groups is 3. The zero-order valence-electron chi connectivity index (χ0n) is 11.3. The summed E-state index contributed by atoms with van der Waals surface area (Å²) >= 11 is 0. The number of amides is 3. The summed E-state index contributed by atoms with van der Waals surface area (Å²) in [7, 11) is 0. The number of aliphatic hydroxyl groups is 1. The van der Waals surface area contributed by atoms with Crippen LogP contribution >= 0.6 is 0 Å². The first-order valence-corrected chi connectivity index (χ1v) is 6.26. The molecule has 19 heavy (non-hydrogen) atoms. The standard InChI is InChI=1S/C12H21N3O4/c1-12(2,7-15-5-3-4-9(15)17)10(18)11(19)14-6-8(13)16/h10,18H,3-7H2,1-2H3,(H2,13,16)(H,14,19)/t10-/m1/s1. The van der Waals surface area contributed by atoms with Crippen molar-refractivity contribution in [2.24, 2.45) is 11.1 Å². The molecular formula is C12H21N3O4. The Morgan fingerprint density at radius 1 is 1.53 bits per heavy atom. The van der Waals surface area contributed by atoms with E-state index in [0.29, 0.717) is 19.5 Å². The van der Waals surface area contributed by atoms with E-state index in [4.69, 9.17) is 5.73 Å². The molecule has 108 valence electrons. The third-order valence-electron chi connectivity index (χ3n) is 3.20. The molecule has 1 aliphatic rings. The molecule has 1 heterocycles. The molecule has 0 radical (unpaired) electrons. The highest BCUT2D eigenvalue weighted by Crippen LogP contribution is 2.25. The minimum Gasteiger partial charge on any atom is -0.383 e. The fourth-order valence-electron chi connectivity index (χ4n) is 2.08. The number of nitrogens with one attached hydrogen (secondary N) is 1. The smallest absolute Gasteiger partial charge is 0.249 e. The van der Waals surface area contributed by atoms with Gasteiger partial charge in [0.2, 0.25) is 17.7 Å². The van der Waals surface area contributed by atoms with Gasteiger partial charge in [-0.05, 0) is 6.42 Å². The summed E-state index contributed by atoms with van der Waals surface area (Å²) in [6, 6.07) is 0. The number of nitrogens with zero attached hydrogens (tertiary/aromatic N) is 1. The van der Waals surface area contributed by atoms with E-state index in [1.54, 1.807) is 18.7 Å². The van der Waals surface area contributed by atoms with Gasteiger partial charge < -0.3 is 21.1 Å². The first-order valence-electron chi connectivity index (χ1n) is 6.26. The molecule has 1 fully saturated rings. The minimum atomic E-state index is -1.31. The first kappa shape index (κ1) is 15.4. The number of nitrogens with two attached hydrogens (primary N) is 1. The van der Waals surface area contributed by atoms with Gasteiger partial charge in [-0.1, -0.05) is 13.8 Å². The lowest BCUT2D eigenvalue weighted by Crippen LogP contribution is -2.50. The molecule has 1 atom stereocenters. The Labute approximate surface area is 112 Å². The van der Waals surface area contributed by atoms with Crippen molar-refractivity contribution in [3.05, 3.63) is 0 Å². The molecule has 0 saturated carbocycles. The van der Waals surface area contributed by atoms with Crippen molar-refractivity contribution in [3.63, 3.8) is 0 Å². The molecule has 0 unspecified atom stereocenters. The van der Waals surface area contributed by atoms with Gasteiger partial charge in [0.15, 0.2) is 0 Å². The van der Waals surface area contributed by atoms with Gasteiger partial charge in [0, 0.05) is 24.9 Å². The maximum absolute atomic E-state index is 11.7. The second kappa shape index (κ2) is 6.01. The Balaban J connectivity index is 2.57. The maximum Gasteiger partial charge on any atom is 0.249 e. The van der Waals surface area contributed by atoms with Crippen LogP contribution in [0, 0.1) is 5.41 Å². The fraction of sp³-hybridized carbons (Fsp3) is 0.750. The molecule has 1 aliphatic heterocycles. The number of primary amides is 1. The van der Waals surface area contributed by atoms with Crippen LogP contribution < -0.4 is 11.1 Å². The van der Waals surface area contributed by atoms with E-state index in [1.165, 1.54) is 0 Å². The van der Waals surface area contributed by atoms with E-state index in [9.17, 15) is 19.5 Å². The quantitative estimate of drug-likeness (QED) is 0.551. The van der Waals surface area contributed by atoms with E-state index < -0.39 is 23.3 Å². The number of likely N-dealkylation sites (tertiary alicyclic amines) is 1. The largest absolute Gasteiger partial charge is 0.383 e. The molecule has 0 aromatic heterocycles. The summed E-state index contributed by atoms with van der Waals surface area (Å²) in [5, 5.41) is 12.3. The summed E-state index contributed by atoms with van der Waals surface area (Å²) in [6.07, 6.45) is 0.0131. The molecule has 0 bridgehead atoms. The average Bonchev–Trinajstić information content (AvgIpc) is 2.70. The van der Waals surface area contributed by atoms with Gasteiger partial charge in [0.1, 0.15) is 6.10 Å². The number of carbonyl (C=O) groups excluding carboxylic acids is 3. The van der Waals surface area contributed by atoms with E-state index in [2.05, 4.69) is 5.32 Å². The van der Waals surface area contributed by atoms with Crippen molar-refractivity contribution in [1.29, 1.82) is 0 Å². The molecule has 0 spiro atoms. The van der Waals surface area contributed by atoms with Crippen LogP contribution in [0.15, 0.2) is 0 Å². The normalized spacial score (nSPS) is 17.4. The van der Waals surface area contributed by atoms with E-state index in [-0.39, 0.29) is 12.5 Å². The lowest BCUT2D eigenvalue weighted by Gasteiger charge is -2.33. The van der Waals surface area contributed by atoms with Crippen LogP contribution in [-0.2, 0) is 14.4 Å². The highest BCUT2D eigenvalue weighted by atomic mass is 16.3. The van der Waals surface area contributed by atoms with Crippen LogP contribution in [0.1, 0.15) is 26.7 Å². The Hall–Kier alpha value is -1.63. The molecule has 0 aromatic rings. The number of hydrogen-bond donors (Lipinski definition) is 3. The van der Waals surface area contributed by atoms with Crippen molar-refractivity contribution < 1.29 is 19.5 Å². The summed E-state index contributed by atoms with van der Waals surface area (Å²) < 4.78 is 0. The average molecular weight is 271 g/mol. The van der Waals surface area contributed by atoms with E-state index in [0.717, 1.165) is 6.42 Å². The van der Waals surface area contributed by atoms with E-state index >= 15 is 0 Å². The van der Waals surface area contributed by atoms with Crippen LogP contribution in [0.5, 0.6) is 0 Å². The van der Waals surface area contributed by atoms with Crippen LogP contribution in [0.25, 0.3) is 0 Å². The summed E-state index contributed by atoms with van der Waals surface area (Å²) in [5.41, 5.74) is 4.12. The zero-order valence-corrected chi connectivity index (χ0v) is 11.3. The zero-order chi connectivity index (χ0) is 14.6. The van der Waals surface area contributed by atoms with Gasteiger partial charge in [0.25, 0.3) is 0 Å². The van der Waals surface area contributed by atoms with Crippen LogP contribution in [0.2, 0.25) is 0 Å². The fourth-order valence-corrected chi connectivity index (χ4v) is 2.08. The highest BCUT2D eigenvalue weighted by Gasteiger charge is 2.37. The first-order chi connectivity index (χ1) is 8.74. The van der Waals surface area contributed by atoms with Crippen LogP contribution in [0.3, 0.4) is 0 Å². The van der Waals surface area contributed by atoms with Gasteiger partial charge in [-0.15, -0.1) is 0 Å². The number of hydrogen-bond acceptors (Lipinski definition) is 4. The number of aliphatic hydroxyl groups excluding tert-OH is 1. The van der Waals surface area contributed by atoms with Gasteiger partial charge in [0.05, 0.1) is 6.54 Å². The monoisotopic (exact) mass is 271 g/mol. The molecular weight excluding hydrogens is 250 g/mol. The Morgan fingerprint density at radius 3 is 2.63 bits per heavy atom. The molecule has 4 N–H and O–H groups in total. The third kappa shape index (κ3) is 4.20. The van der Waals surface area contributed by atoms with Gasteiger partial charge in [-0.25, -0.2) is 0 Å². The lowest BCUT2D eigenvalue weighted by molar-refractivity contribution is -0.140. The Morgan fingerprint density at radius 2 is 2.16 bits per heavy atom. The third-order valence-corrected chi connectivity index (χ3v) is 3.20. The lowest BCUT2D eigenvalue weighted by atomic mass is 9.85. The summed E-state index contributed by atoms with van der Waals surface area (Å²) in [6.45, 7) is 4.05. The van der Waals surface area contributed by atoms with Gasteiger partial charge in [-0.2, -0.15) is 0 Å². The van der Waals surface area contributed by atoms with Gasteiger partial charge in [-0.3, -0.25) is 14.4 Å². The predicted molar refractivity (Wildman–Crippen MR) is 67.8 cm³/mol. The Bertz CT molecular complexity index is 381. The molecule has 1 saturated heterocycles. The minimum absolute atomic E-state index is 0.0396.